The van der Waals surface area contributed by atoms with E-state index in [4.69, 9.17) is 0 Å². The Morgan fingerprint density at radius 2 is 1.88 bits per heavy atom. The van der Waals surface area contributed by atoms with Crippen LogP contribution in [0.3, 0.4) is 0 Å². The molecule has 0 unspecified atom stereocenters. The maximum atomic E-state index is 13.4. The Balaban J connectivity index is 2.89. The zero-order valence-electron chi connectivity index (χ0n) is 9.31. The molecule has 0 spiro atoms. The summed E-state index contributed by atoms with van der Waals surface area (Å²) in [7, 11) is 3.22. The van der Waals surface area contributed by atoms with Gasteiger partial charge in [-0.2, -0.15) is 13.2 Å². The lowest BCUT2D eigenvalue weighted by Crippen LogP contribution is -2.24. The summed E-state index contributed by atoms with van der Waals surface area (Å²) in [6.45, 7) is 0. The maximum Gasteiger partial charge on any atom is 0.450 e. The summed E-state index contributed by atoms with van der Waals surface area (Å²) in [5, 5.41) is 0. The van der Waals surface area contributed by atoms with Gasteiger partial charge in [0.05, 0.1) is 5.69 Å². The van der Waals surface area contributed by atoms with Crippen LogP contribution in [0.5, 0.6) is 0 Å². The minimum atomic E-state index is -4.88. The van der Waals surface area contributed by atoms with E-state index >= 15 is 0 Å². The number of hydrogen-bond donors (Lipinski definition) is 0. The minimum absolute atomic E-state index is 0.00965. The monoisotopic (exact) mass is 249 g/mol. The highest BCUT2D eigenvalue weighted by molar-refractivity contribution is 5.86. The molecule has 2 nitrogen and oxygen atoms in total. The summed E-state index contributed by atoms with van der Waals surface area (Å²) >= 11 is 0. The van der Waals surface area contributed by atoms with Gasteiger partial charge < -0.3 is 4.90 Å². The number of Topliss-reactive ketones (excluding diaryl/α,β-unsaturated/α-hetero) is 1. The average Bonchev–Trinajstić information content (AvgIpc) is 2.15. The number of benzene rings is 1. The first-order valence-corrected chi connectivity index (χ1v) is 4.77. The number of ketones is 1. The zero-order valence-corrected chi connectivity index (χ0v) is 9.31. The lowest BCUT2D eigenvalue weighted by Gasteiger charge is -2.14. The van der Waals surface area contributed by atoms with Gasteiger partial charge in [-0.1, -0.05) is 6.07 Å². The molecule has 0 aliphatic rings. The van der Waals surface area contributed by atoms with Gasteiger partial charge in [0.25, 0.3) is 0 Å². The molecule has 1 aromatic rings. The van der Waals surface area contributed by atoms with Crippen molar-refractivity contribution in [2.45, 2.75) is 12.6 Å². The van der Waals surface area contributed by atoms with Gasteiger partial charge >= 0.3 is 6.18 Å². The molecular formula is C11H11F4NO. The fourth-order valence-corrected chi connectivity index (χ4v) is 1.31. The summed E-state index contributed by atoms with van der Waals surface area (Å²) in [6.07, 6.45) is -5.72. The van der Waals surface area contributed by atoms with E-state index in [9.17, 15) is 22.4 Å². The number of rotatable bonds is 3. The average molecular weight is 249 g/mol. The lowest BCUT2D eigenvalue weighted by molar-refractivity contribution is -0.170. The summed E-state index contributed by atoms with van der Waals surface area (Å²) in [6, 6.07) is 3.59. The smallest absolute Gasteiger partial charge is 0.375 e. The molecule has 0 fully saturated rings. The normalized spacial score (nSPS) is 11.4. The topological polar surface area (TPSA) is 20.3 Å². The fraction of sp³-hybridized carbons (Fsp3) is 0.364. The quantitative estimate of drug-likeness (QED) is 0.767. The molecular weight excluding hydrogens is 238 g/mol. The highest BCUT2D eigenvalue weighted by Gasteiger charge is 2.37. The van der Waals surface area contributed by atoms with Crippen LogP contribution in [-0.2, 0) is 11.2 Å². The molecule has 0 aliphatic heterocycles. The van der Waals surface area contributed by atoms with E-state index in [-0.39, 0.29) is 11.3 Å². The van der Waals surface area contributed by atoms with Crippen LogP contribution in [-0.4, -0.2) is 26.1 Å². The van der Waals surface area contributed by atoms with Crippen molar-refractivity contribution in [3.8, 4) is 0 Å². The van der Waals surface area contributed by atoms with Crippen molar-refractivity contribution in [3.05, 3.63) is 29.6 Å². The second-order valence-corrected chi connectivity index (χ2v) is 3.78. The van der Waals surface area contributed by atoms with Gasteiger partial charge in [0.2, 0.25) is 5.78 Å². The Morgan fingerprint density at radius 3 is 2.29 bits per heavy atom. The Labute approximate surface area is 95.8 Å². The predicted octanol–water partition coefficient (Wildman–Crippen LogP) is 2.57. The molecule has 0 atom stereocenters. The van der Waals surface area contributed by atoms with Crippen LogP contribution in [0.1, 0.15) is 5.56 Å². The zero-order chi connectivity index (χ0) is 13.2. The van der Waals surface area contributed by atoms with E-state index in [0.29, 0.717) is 0 Å². The second-order valence-electron chi connectivity index (χ2n) is 3.78. The molecule has 0 aliphatic carbocycles. The third-order valence-electron chi connectivity index (χ3n) is 2.17. The molecule has 1 rings (SSSR count). The first-order chi connectivity index (χ1) is 7.71. The van der Waals surface area contributed by atoms with Crippen molar-refractivity contribution in [2.75, 3.05) is 19.0 Å². The van der Waals surface area contributed by atoms with Gasteiger partial charge in [-0.05, 0) is 17.7 Å². The Kier molecular flexibility index (Phi) is 3.75. The molecule has 0 aromatic heterocycles. The van der Waals surface area contributed by atoms with Gasteiger partial charge in [-0.15, -0.1) is 0 Å². The van der Waals surface area contributed by atoms with Gasteiger partial charge in [-0.3, -0.25) is 4.79 Å². The molecule has 0 radical (unpaired) electrons. The molecule has 0 bridgehead atoms. The molecule has 0 amide bonds. The minimum Gasteiger partial charge on any atom is -0.375 e. The molecule has 0 heterocycles. The van der Waals surface area contributed by atoms with E-state index in [1.165, 1.54) is 17.0 Å². The first kappa shape index (κ1) is 13.5. The maximum absolute atomic E-state index is 13.4. The second kappa shape index (κ2) is 4.73. The van der Waals surface area contributed by atoms with Gasteiger partial charge in [0.1, 0.15) is 5.82 Å². The highest BCUT2D eigenvalue weighted by Crippen LogP contribution is 2.22. The van der Waals surface area contributed by atoms with E-state index in [1.54, 1.807) is 14.1 Å². The van der Waals surface area contributed by atoms with Crippen molar-refractivity contribution in [3.63, 3.8) is 0 Å². The number of hydrogen-bond acceptors (Lipinski definition) is 2. The molecule has 0 N–H and O–H groups in total. The summed E-state index contributed by atoms with van der Waals surface area (Å²) < 4.78 is 49.4. The van der Waals surface area contributed by atoms with E-state index in [0.717, 1.165) is 6.07 Å². The number of alkyl halides is 3. The van der Waals surface area contributed by atoms with Crippen molar-refractivity contribution in [1.82, 2.24) is 0 Å². The van der Waals surface area contributed by atoms with Crippen LogP contribution in [0.2, 0.25) is 0 Å². The number of halogens is 4. The summed E-state index contributed by atoms with van der Waals surface area (Å²) in [5.41, 5.74) is 0.267. The van der Waals surface area contributed by atoms with Gasteiger partial charge in [-0.25, -0.2) is 4.39 Å². The largest absolute Gasteiger partial charge is 0.450 e. The van der Waals surface area contributed by atoms with Crippen molar-refractivity contribution in [2.24, 2.45) is 0 Å². The molecule has 0 saturated heterocycles. The van der Waals surface area contributed by atoms with E-state index in [1.807, 2.05) is 0 Å². The number of carbonyl (C=O) groups is 1. The third-order valence-corrected chi connectivity index (χ3v) is 2.17. The summed E-state index contributed by atoms with van der Waals surface area (Å²) in [4.78, 5) is 12.2. The lowest BCUT2D eigenvalue weighted by atomic mass is 10.1. The number of anilines is 1. The fourth-order valence-electron chi connectivity index (χ4n) is 1.31. The van der Waals surface area contributed by atoms with E-state index in [2.05, 4.69) is 0 Å². The summed E-state index contributed by atoms with van der Waals surface area (Å²) in [5.74, 6) is -2.53. The van der Waals surface area contributed by atoms with Gasteiger partial charge in [0, 0.05) is 20.5 Å². The number of carbonyl (C=O) groups excluding carboxylic acids is 1. The van der Waals surface area contributed by atoms with Crippen LogP contribution in [0.4, 0.5) is 23.2 Å². The van der Waals surface area contributed by atoms with Crippen molar-refractivity contribution in [1.29, 1.82) is 0 Å². The molecule has 17 heavy (non-hydrogen) atoms. The van der Waals surface area contributed by atoms with Crippen LogP contribution >= 0.6 is 0 Å². The van der Waals surface area contributed by atoms with Crippen molar-refractivity contribution < 1.29 is 22.4 Å². The predicted molar refractivity (Wildman–Crippen MR) is 55.5 cm³/mol. The molecule has 94 valence electrons. The Morgan fingerprint density at radius 1 is 1.29 bits per heavy atom. The number of nitrogens with zero attached hydrogens (tertiary/aromatic N) is 1. The van der Waals surface area contributed by atoms with Crippen LogP contribution in [0.15, 0.2) is 18.2 Å². The highest BCUT2D eigenvalue weighted by atomic mass is 19.4. The standard InChI is InChI=1S/C11H11F4NO/c1-16(2)9-4-3-7(5-8(9)12)6-10(17)11(13,14)15/h3-5H,6H2,1-2H3. The van der Waals surface area contributed by atoms with Crippen molar-refractivity contribution >= 4 is 11.5 Å². The van der Waals surface area contributed by atoms with Crippen LogP contribution in [0.25, 0.3) is 0 Å². The molecule has 0 saturated carbocycles. The molecule has 1 aromatic carbocycles. The van der Waals surface area contributed by atoms with Crippen LogP contribution < -0.4 is 4.90 Å². The SMILES string of the molecule is CN(C)c1ccc(CC(=O)C(F)(F)F)cc1F. The molecule has 6 heteroatoms. The van der Waals surface area contributed by atoms with Crippen LogP contribution in [0, 0.1) is 5.82 Å². The first-order valence-electron chi connectivity index (χ1n) is 4.77. The van der Waals surface area contributed by atoms with E-state index < -0.39 is 24.2 Å². The Bertz CT molecular complexity index is 426. The Hall–Kier alpha value is -1.59. The van der Waals surface area contributed by atoms with Gasteiger partial charge in [0.15, 0.2) is 0 Å². The third kappa shape index (κ3) is 3.44.